The molecule has 1 N–H and O–H groups in total. The predicted molar refractivity (Wildman–Crippen MR) is 93.5 cm³/mol. The number of aromatic nitrogens is 1. The summed E-state index contributed by atoms with van der Waals surface area (Å²) in [7, 11) is -0.580. The second kappa shape index (κ2) is 7.54. The van der Waals surface area contributed by atoms with Crippen molar-refractivity contribution in [1.82, 2.24) is 14.6 Å². The monoisotopic (exact) mass is 371 g/mol. The molecule has 2 aromatic rings. The summed E-state index contributed by atoms with van der Waals surface area (Å²) >= 11 is 1.20. The van der Waals surface area contributed by atoms with Gasteiger partial charge >= 0.3 is 0 Å². The van der Waals surface area contributed by atoms with E-state index in [0.29, 0.717) is 22.9 Å². The smallest absolute Gasteiger partial charge is 0.257 e. The van der Waals surface area contributed by atoms with E-state index in [1.165, 1.54) is 38.0 Å². The molecule has 0 aliphatic carbocycles. The van der Waals surface area contributed by atoms with Crippen molar-refractivity contribution in [3.63, 3.8) is 0 Å². The fourth-order valence-corrected chi connectivity index (χ4v) is 3.61. The lowest BCUT2D eigenvalue weighted by Gasteiger charge is -2.10. The van der Waals surface area contributed by atoms with Gasteiger partial charge in [0.15, 0.2) is 5.58 Å². The number of carbonyl (C=O) groups is 1. The molecule has 0 radical (unpaired) electrons. The molecule has 0 bridgehead atoms. The first-order valence-electron chi connectivity index (χ1n) is 7.53. The van der Waals surface area contributed by atoms with E-state index < -0.39 is 10.0 Å². The summed E-state index contributed by atoms with van der Waals surface area (Å²) in [5.74, 6) is -0.0834. The standard InChI is InChI=1S/C15H21N3O4S2/c1-5-8-16-14(19)10(2)23-15-17-12-9-11(6-7-13(12)22-15)24(20,21)18(3)4/h6-7,9-10H,5,8H2,1-4H3,(H,16,19)/t10-/m1/s1. The minimum Gasteiger partial charge on any atom is -0.431 e. The highest BCUT2D eigenvalue weighted by Gasteiger charge is 2.21. The molecule has 0 fully saturated rings. The number of sulfonamides is 1. The van der Waals surface area contributed by atoms with E-state index in [-0.39, 0.29) is 16.1 Å². The van der Waals surface area contributed by atoms with Gasteiger partial charge in [0.05, 0.1) is 10.1 Å². The summed E-state index contributed by atoms with van der Waals surface area (Å²) in [5, 5.41) is 2.80. The van der Waals surface area contributed by atoms with Crippen LogP contribution in [0.4, 0.5) is 0 Å². The van der Waals surface area contributed by atoms with Crippen LogP contribution in [0.5, 0.6) is 0 Å². The third-order valence-electron chi connectivity index (χ3n) is 3.31. The normalized spacial score (nSPS) is 13.4. The maximum absolute atomic E-state index is 12.2. The van der Waals surface area contributed by atoms with Crippen molar-refractivity contribution in [2.75, 3.05) is 20.6 Å². The van der Waals surface area contributed by atoms with Crippen molar-refractivity contribution in [2.45, 2.75) is 35.6 Å². The Morgan fingerprint density at radius 2 is 2.12 bits per heavy atom. The summed E-state index contributed by atoms with van der Waals surface area (Å²) in [5.41, 5.74) is 0.929. The molecule has 1 heterocycles. The largest absolute Gasteiger partial charge is 0.431 e. The highest BCUT2D eigenvalue weighted by Crippen LogP contribution is 2.28. The molecule has 1 amide bonds. The maximum atomic E-state index is 12.2. The third kappa shape index (κ3) is 4.08. The molecular weight excluding hydrogens is 350 g/mol. The number of amides is 1. The Balaban J connectivity index is 2.21. The topological polar surface area (TPSA) is 92.5 Å². The van der Waals surface area contributed by atoms with E-state index in [0.717, 1.165) is 10.7 Å². The van der Waals surface area contributed by atoms with Crippen LogP contribution in [0.15, 0.2) is 32.7 Å². The molecule has 0 aliphatic rings. The van der Waals surface area contributed by atoms with Crippen molar-refractivity contribution in [2.24, 2.45) is 0 Å². The van der Waals surface area contributed by atoms with Gasteiger partial charge < -0.3 is 9.73 Å². The van der Waals surface area contributed by atoms with Gasteiger partial charge in [-0.1, -0.05) is 18.7 Å². The number of rotatable bonds is 7. The van der Waals surface area contributed by atoms with Crippen LogP contribution in [0.3, 0.4) is 0 Å². The van der Waals surface area contributed by atoms with Gasteiger partial charge in [-0.3, -0.25) is 4.79 Å². The number of oxazole rings is 1. The molecule has 2 rings (SSSR count). The Morgan fingerprint density at radius 3 is 2.75 bits per heavy atom. The van der Waals surface area contributed by atoms with Gasteiger partial charge in [0.2, 0.25) is 15.9 Å². The summed E-state index contributed by atoms with van der Waals surface area (Å²) in [4.78, 5) is 16.3. The number of thioether (sulfide) groups is 1. The van der Waals surface area contributed by atoms with Crippen LogP contribution < -0.4 is 5.32 Å². The molecule has 0 spiro atoms. The summed E-state index contributed by atoms with van der Waals surface area (Å²) in [6, 6.07) is 4.53. The van der Waals surface area contributed by atoms with E-state index in [2.05, 4.69) is 10.3 Å². The van der Waals surface area contributed by atoms with Gasteiger partial charge in [-0.05, 0) is 31.5 Å². The molecule has 7 nitrogen and oxygen atoms in total. The quantitative estimate of drug-likeness (QED) is 0.749. The number of hydrogen-bond donors (Lipinski definition) is 1. The molecular formula is C15H21N3O4S2. The zero-order chi connectivity index (χ0) is 17.9. The van der Waals surface area contributed by atoms with Gasteiger partial charge in [-0.25, -0.2) is 17.7 Å². The molecule has 9 heteroatoms. The number of carbonyl (C=O) groups excluding carboxylic acids is 1. The average molecular weight is 371 g/mol. The molecule has 24 heavy (non-hydrogen) atoms. The lowest BCUT2D eigenvalue weighted by atomic mass is 10.3. The van der Waals surface area contributed by atoms with Crippen molar-refractivity contribution in [3.05, 3.63) is 18.2 Å². The van der Waals surface area contributed by atoms with Crippen LogP contribution in [0.1, 0.15) is 20.3 Å². The third-order valence-corrected chi connectivity index (χ3v) is 6.07. The summed E-state index contributed by atoms with van der Waals surface area (Å²) in [6.45, 7) is 4.38. The minimum atomic E-state index is -3.53. The van der Waals surface area contributed by atoms with Crippen LogP contribution in [0.2, 0.25) is 0 Å². The van der Waals surface area contributed by atoms with E-state index in [4.69, 9.17) is 4.42 Å². The molecule has 132 valence electrons. The minimum absolute atomic E-state index is 0.0834. The number of fused-ring (bicyclic) bond motifs is 1. The zero-order valence-electron chi connectivity index (χ0n) is 14.1. The highest BCUT2D eigenvalue weighted by atomic mass is 32.2. The van der Waals surface area contributed by atoms with Gasteiger partial charge in [-0.2, -0.15) is 0 Å². The molecule has 1 aromatic heterocycles. The van der Waals surface area contributed by atoms with E-state index in [9.17, 15) is 13.2 Å². The number of benzene rings is 1. The first-order chi connectivity index (χ1) is 11.3. The lowest BCUT2D eigenvalue weighted by Crippen LogP contribution is -2.31. The fraction of sp³-hybridized carbons (Fsp3) is 0.467. The van der Waals surface area contributed by atoms with Crippen LogP contribution in [-0.4, -0.2) is 49.5 Å². The van der Waals surface area contributed by atoms with Crippen molar-refractivity contribution in [1.29, 1.82) is 0 Å². The second-order valence-corrected chi connectivity index (χ2v) is 8.89. The Kier molecular flexibility index (Phi) is 5.89. The first kappa shape index (κ1) is 18.8. The van der Waals surface area contributed by atoms with Crippen LogP contribution in [0.25, 0.3) is 11.1 Å². The average Bonchev–Trinajstić information content (AvgIpc) is 2.93. The van der Waals surface area contributed by atoms with E-state index >= 15 is 0 Å². The summed E-state index contributed by atoms with van der Waals surface area (Å²) < 4.78 is 31.0. The SMILES string of the molecule is CCCNC(=O)[C@@H](C)Sc1nc2cc(S(=O)(=O)N(C)C)ccc2o1. The molecule has 1 aromatic carbocycles. The maximum Gasteiger partial charge on any atom is 0.257 e. The molecule has 1 atom stereocenters. The van der Waals surface area contributed by atoms with Crippen molar-refractivity contribution < 1.29 is 17.6 Å². The van der Waals surface area contributed by atoms with Crippen molar-refractivity contribution >= 4 is 38.8 Å². The van der Waals surface area contributed by atoms with E-state index in [1.54, 1.807) is 13.0 Å². The van der Waals surface area contributed by atoms with E-state index in [1.807, 2.05) is 6.92 Å². The zero-order valence-corrected chi connectivity index (χ0v) is 15.7. The Bertz CT molecular complexity index is 830. The Morgan fingerprint density at radius 1 is 1.42 bits per heavy atom. The molecule has 0 aliphatic heterocycles. The summed E-state index contributed by atoms with van der Waals surface area (Å²) in [6.07, 6.45) is 0.870. The van der Waals surface area contributed by atoms with Gasteiger partial charge in [-0.15, -0.1) is 0 Å². The van der Waals surface area contributed by atoms with Gasteiger partial charge in [0.1, 0.15) is 5.52 Å². The molecule has 0 saturated carbocycles. The van der Waals surface area contributed by atoms with Gasteiger partial charge in [0, 0.05) is 20.6 Å². The fourth-order valence-electron chi connectivity index (χ4n) is 1.90. The highest BCUT2D eigenvalue weighted by molar-refractivity contribution is 8.00. The van der Waals surface area contributed by atoms with Crippen LogP contribution >= 0.6 is 11.8 Å². The number of hydrogen-bond acceptors (Lipinski definition) is 6. The number of nitrogens with one attached hydrogen (secondary N) is 1. The van der Waals surface area contributed by atoms with Crippen molar-refractivity contribution in [3.8, 4) is 0 Å². The Hall–Kier alpha value is -1.58. The second-order valence-electron chi connectivity index (χ2n) is 5.45. The Labute approximate surface area is 145 Å². The lowest BCUT2D eigenvalue weighted by molar-refractivity contribution is -0.120. The molecule has 0 unspecified atom stereocenters. The molecule has 0 saturated heterocycles. The first-order valence-corrected chi connectivity index (χ1v) is 9.85. The van der Waals surface area contributed by atoms with Crippen LogP contribution in [0, 0.1) is 0 Å². The van der Waals surface area contributed by atoms with Crippen LogP contribution in [-0.2, 0) is 14.8 Å². The van der Waals surface area contributed by atoms with Gasteiger partial charge in [0.25, 0.3) is 5.22 Å². The predicted octanol–water partition coefficient (Wildman–Crippen LogP) is 2.08. The number of nitrogens with zero attached hydrogens (tertiary/aromatic N) is 2.